The van der Waals surface area contributed by atoms with Gasteiger partial charge in [-0.1, -0.05) is 17.7 Å². The van der Waals surface area contributed by atoms with Crippen LogP contribution in [0.3, 0.4) is 0 Å². The van der Waals surface area contributed by atoms with Crippen molar-refractivity contribution >= 4 is 0 Å². The predicted molar refractivity (Wildman–Crippen MR) is 67.1 cm³/mol. The smallest absolute Gasteiger partial charge is 0.151 e. The van der Waals surface area contributed by atoms with E-state index >= 15 is 0 Å². The molecule has 1 atom stereocenters. The number of hydrazine groups is 1. The number of halogens is 1. The summed E-state index contributed by atoms with van der Waals surface area (Å²) in [6.45, 7) is 3.79. The van der Waals surface area contributed by atoms with E-state index in [4.69, 9.17) is 5.84 Å². The van der Waals surface area contributed by atoms with Crippen LogP contribution in [0.5, 0.6) is 0 Å². The van der Waals surface area contributed by atoms with E-state index in [9.17, 15) is 4.39 Å². The third-order valence-corrected chi connectivity index (χ3v) is 2.69. The highest BCUT2D eigenvalue weighted by Gasteiger charge is 2.19. The fourth-order valence-electron chi connectivity index (χ4n) is 1.74. The Morgan fingerprint density at radius 3 is 2.44 bits per heavy atom. The van der Waals surface area contributed by atoms with Crippen molar-refractivity contribution in [1.82, 2.24) is 15.4 Å². The Bertz CT molecular complexity index is 539. The van der Waals surface area contributed by atoms with Crippen LogP contribution in [0.25, 0.3) is 0 Å². The lowest BCUT2D eigenvalue weighted by Crippen LogP contribution is -2.31. The fourth-order valence-corrected chi connectivity index (χ4v) is 1.74. The van der Waals surface area contributed by atoms with Gasteiger partial charge in [-0.05, 0) is 25.5 Å². The number of aromatic nitrogens is 2. The van der Waals surface area contributed by atoms with Crippen LogP contribution in [0.2, 0.25) is 0 Å². The Morgan fingerprint density at radius 1 is 1.17 bits per heavy atom. The van der Waals surface area contributed by atoms with E-state index in [0.717, 1.165) is 11.1 Å². The molecule has 1 aromatic carbocycles. The molecule has 0 radical (unpaired) electrons. The van der Waals surface area contributed by atoms with Gasteiger partial charge in [-0.2, -0.15) is 0 Å². The van der Waals surface area contributed by atoms with E-state index in [1.807, 2.05) is 13.8 Å². The van der Waals surface area contributed by atoms with Gasteiger partial charge in [0.2, 0.25) is 0 Å². The molecule has 3 N–H and O–H groups in total. The van der Waals surface area contributed by atoms with Crippen LogP contribution in [-0.4, -0.2) is 9.97 Å². The van der Waals surface area contributed by atoms with Crippen LogP contribution >= 0.6 is 0 Å². The van der Waals surface area contributed by atoms with Crippen LogP contribution in [0.15, 0.2) is 30.6 Å². The van der Waals surface area contributed by atoms with Gasteiger partial charge in [-0.25, -0.2) is 19.8 Å². The van der Waals surface area contributed by atoms with Gasteiger partial charge in [0.1, 0.15) is 11.9 Å². The molecule has 0 saturated carbocycles. The monoisotopic (exact) mass is 246 g/mol. The minimum absolute atomic E-state index is 0.326. The molecule has 2 aromatic rings. The van der Waals surface area contributed by atoms with Crippen molar-refractivity contribution in [1.29, 1.82) is 0 Å². The summed E-state index contributed by atoms with van der Waals surface area (Å²) in [7, 11) is 0. The van der Waals surface area contributed by atoms with Crippen LogP contribution in [0.4, 0.5) is 4.39 Å². The van der Waals surface area contributed by atoms with Crippen molar-refractivity contribution in [3.8, 4) is 0 Å². The molecule has 0 fully saturated rings. The van der Waals surface area contributed by atoms with Crippen molar-refractivity contribution in [3.63, 3.8) is 0 Å². The number of nitrogens with one attached hydrogen (secondary N) is 1. The van der Waals surface area contributed by atoms with Crippen LogP contribution in [0.1, 0.15) is 28.6 Å². The highest BCUT2D eigenvalue weighted by Crippen LogP contribution is 2.22. The number of hydrogen-bond acceptors (Lipinski definition) is 4. The van der Waals surface area contributed by atoms with E-state index in [0.29, 0.717) is 11.4 Å². The molecule has 2 rings (SSSR count). The van der Waals surface area contributed by atoms with Gasteiger partial charge >= 0.3 is 0 Å². The highest BCUT2D eigenvalue weighted by molar-refractivity contribution is 5.30. The Labute approximate surface area is 105 Å². The lowest BCUT2D eigenvalue weighted by atomic mass is 10.0. The second-order valence-electron chi connectivity index (χ2n) is 4.24. The van der Waals surface area contributed by atoms with E-state index in [1.54, 1.807) is 24.5 Å². The number of nitrogens with zero attached hydrogens (tertiary/aromatic N) is 2. The normalized spacial score (nSPS) is 12.4. The Morgan fingerprint density at radius 2 is 1.83 bits per heavy atom. The highest BCUT2D eigenvalue weighted by atomic mass is 19.1. The standard InChI is InChI=1S/C13H15FN4/c1-8-3-4-11(14)10(5-8)12(18-15)13-16-6-9(2)7-17-13/h3-7,12,18H,15H2,1-2H3. The molecule has 0 spiro atoms. The summed E-state index contributed by atoms with van der Waals surface area (Å²) in [5, 5.41) is 0. The van der Waals surface area contributed by atoms with E-state index in [2.05, 4.69) is 15.4 Å². The molecule has 0 amide bonds. The first-order valence-corrected chi connectivity index (χ1v) is 5.62. The minimum Gasteiger partial charge on any atom is -0.270 e. The fraction of sp³-hybridized carbons (Fsp3) is 0.231. The first-order chi connectivity index (χ1) is 8.61. The number of rotatable bonds is 3. The second-order valence-corrected chi connectivity index (χ2v) is 4.24. The molecular formula is C13H15FN4. The van der Waals surface area contributed by atoms with Gasteiger partial charge in [-0.3, -0.25) is 5.84 Å². The summed E-state index contributed by atoms with van der Waals surface area (Å²) in [6.07, 6.45) is 3.36. The maximum atomic E-state index is 13.8. The van der Waals surface area contributed by atoms with Gasteiger partial charge in [0.25, 0.3) is 0 Å². The molecule has 0 bridgehead atoms. The van der Waals surface area contributed by atoms with E-state index in [-0.39, 0.29) is 5.82 Å². The number of nitrogens with two attached hydrogens (primary N) is 1. The molecule has 0 aliphatic heterocycles. The molecule has 0 saturated heterocycles. The molecule has 1 unspecified atom stereocenters. The van der Waals surface area contributed by atoms with Gasteiger partial charge in [0.15, 0.2) is 5.82 Å². The molecule has 0 aliphatic carbocycles. The molecule has 5 heteroatoms. The average molecular weight is 246 g/mol. The van der Waals surface area contributed by atoms with Crippen LogP contribution < -0.4 is 11.3 Å². The third-order valence-electron chi connectivity index (χ3n) is 2.69. The van der Waals surface area contributed by atoms with Crippen molar-refractivity contribution in [2.45, 2.75) is 19.9 Å². The Kier molecular flexibility index (Phi) is 3.64. The average Bonchev–Trinajstić information content (AvgIpc) is 2.37. The van der Waals surface area contributed by atoms with Gasteiger partial charge < -0.3 is 0 Å². The van der Waals surface area contributed by atoms with Gasteiger partial charge in [-0.15, -0.1) is 0 Å². The zero-order valence-corrected chi connectivity index (χ0v) is 10.3. The van der Waals surface area contributed by atoms with Crippen LogP contribution in [-0.2, 0) is 0 Å². The van der Waals surface area contributed by atoms with E-state index in [1.165, 1.54) is 6.07 Å². The maximum Gasteiger partial charge on any atom is 0.151 e. The zero-order chi connectivity index (χ0) is 13.1. The van der Waals surface area contributed by atoms with Crippen LogP contribution in [0, 0.1) is 19.7 Å². The first-order valence-electron chi connectivity index (χ1n) is 5.62. The third kappa shape index (κ3) is 2.52. The number of aryl methyl sites for hydroxylation is 2. The summed E-state index contributed by atoms with van der Waals surface area (Å²) in [5.74, 6) is 5.62. The summed E-state index contributed by atoms with van der Waals surface area (Å²) < 4.78 is 13.8. The van der Waals surface area contributed by atoms with E-state index < -0.39 is 6.04 Å². The topological polar surface area (TPSA) is 63.8 Å². The first kappa shape index (κ1) is 12.6. The van der Waals surface area contributed by atoms with Crippen molar-refractivity contribution in [3.05, 3.63) is 58.9 Å². The lowest BCUT2D eigenvalue weighted by Gasteiger charge is -2.16. The van der Waals surface area contributed by atoms with Crippen molar-refractivity contribution < 1.29 is 4.39 Å². The van der Waals surface area contributed by atoms with Gasteiger partial charge in [0, 0.05) is 18.0 Å². The maximum absolute atomic E-state index is 13.8. The molecule has 4 nitrogen and oxygen atoms in total. The summed E-state index contributed by atoms with van der Waals surface area (Å²) in [4.78, 5) is 8.35. The molecule has 1 aromatic heterocycles. The minimum atomic E-state index is -0.550. The SMILES string of the molecule is Cc1cnc(C(NN)c2cc(C)ccc2F)nc1. The number of benzene rings is 1. The molecular weight excluding hydrogens is 231 g/mol. The molecule has 94 valence electrons. The lowest BCUT2D eigenvalue weighted by molar-refractivity contribution is 0.543. The Hall–Kier alpha value is -1.85. The number of hydrogen-bond donors (Lipinski definition) is 2. The van der Waals surface area contributed by atoms with Crippen molar-refractivity contribution in [2.75, 3.05) is 0 Å². The second kappa shape index (κ2) is 5.20. The largest absolute Gasteiger partial charge is 0.270 e. The summed E-state index contributed by atoms with van der Waals surface area (Å²) in [5.41, 5.74) is 4.90. The quantitative estimate of drug-likeness (QED) is 0.640. The van der Waals surface area contributed by atoms with Crippen molar-refractivity contribution in [2.24, 2.45) is 5.84 Å². The summed E-state index contributed by atoms with van der Waals surface area (Å²) >= 11 is 0. The summed E-state index contributed by atoms with van der Waals surface area (Å²) in [6, 6.07) is 4.32. The molecule has 18 heavy (non-hydrogen) atoms. The predicted octanol–water partition coefficient (Wildman–Crippen LogP) is 1.79. The molecule has 1 heterocycles. The zero-order valence-electron chi connectivity index (χ0n) is 10.3. The van der Waals surface area contributed by atoms with Gasteiger partial charge in [0.05, 0.1) is 0 Å². The Balaban J connectivity index is 2.44. The molecule has 0 aliphatic rings.